The highest BCUT2D eigenvalue weighted by Crippen LogP contribution is 2.27. The molecule has 5 nitrogen and oxygen atoms in total. The number of ether oxygens (including phenoxy) is 1. The van der Waals surface area contributed by atoms with E-state index in [1.807, 2.05) is 0 Å². The molecular weight excluding hydrogens is 192 g/mol. The maximum absolute atomic E-state index is 10.5. The molecule has 0 aliphatic heterocycles. The lowest BCUT2D eigenvalue weighted by Crippen LogP contribution is -1.91. The van der Waals surface area contributed by atoms with Gasteiger partial charge in [0.1, 0.15) is 10.6 Å². The Bertz CT molecular complexity index is 386. The van der Waals surface area contributed by atoms with Crippen LogP contribution in [0, 0.1) is 14.7 Å². The van der Waals surface area contributed by atoms with E-state index in [-0.39, 0.29) is 10.6 Å². The molecule has 0 atom stereocenters. The van der Waals surface area contributed by atoms with Crippen LogP contribution in [-0.2, 0) is 0 Å². The van der Waals surface area contributed by atoms with Crippen LogP contribution >= 0.6 is 11.4 Å². The number of benzene rings is 1. The van der Waals surface area contributed by atoms with Crippen LogP contribution in [0.25, 0.3) is 0 Å². The van der Waals surface area contributed by atoms with E-state index in [0.29, 0.717) is 17.1 Å². The summed E-state index contributed by atoms with van der Waals surface area (Å²) in [7, 11) is 1.42. The van der Waals surface area contributed by atoms with E-state index in [4.69, 9.17) is 9.35 Å². The first-order valence-electron chi connectivity index (χ1n) is 3.33. The molecule has 1 aromatic carbocycles. The summed E-state index contributed by atoms with van der Waals surface area (Å²) < 4.78 is 13.5. The molecule has 0 amide bonds. The van der Waals surface area contributed by atoms with Gasteiger partial charge in [0.15, 0.2) is 0 Å². The predicted molar refractivity (Wildman–Crippen MR) is 47.2 cm³/mol. The summed E-state index contributed by atoms with van der Waals surface area (Å²) in [6, 6.07) is 4.24. The van der Waals surface area contributed by atoms with Gasteiger partial charge in [-0.3, -0.25) is 10.1 Å². The summed E-state index contributed by atoms with van der Waals surface area (Å²) >= 11 is 0.346. The molecule has 1 rings (SSSR count). The van der Waals surface area contributed by atoms with Gasteiger partial charge in [-0.15, -0.1) is 0 Å². The van der Waals surface area contributed by atoms with Crippen molar-refractivity contribution < 1.29 is 9.66 Å². The Morgan fingerprint density at radius 1 is 1.62 bits per heavy atom. The van der Waals surface area contributed by atoms with Crippen LogP contribution in [0.15, 0.2) is 23.1 Å². The highest BCUT2D eigenvalue weighted by atomic mass is 32.1. The monoisotopic (exact) mass is 198 g/mol. The summed E-state index contributed by atoms with van der Waals surface area (Å²) in [6.07, 6.45) is 0. The lowest BCUT2D eigenvalue weighted by molar-refractivity contribution is -0.387. The van der Waals surface area contributed by atoms with Crippen molar-refractivity contribution in [3.05, 3.63) is 28.3 Å². The maximum Gasteiger partial charge on any atom is 0.292 e. The fourth-order valence-corrected chi connectivity index (χ4v) is 1.20. The van der Waals surface area contributed by atoms with Crippen molar-refractivity contribution in [2.24, 2.45) is 0 Å². The lowest BCUT2D eigenvalue weighted by atomic mass is 10.3. The topological polar surface area (TPSA) is 76.2 Å². The summed E-state index contributed by atoms with van der Waals surface area (Å²) in [5.74, 6) is 0.393. The van der Waals surface area contributed by atoms with E-state index in [2.05, 4.69) is 0 Å². The first-order valence-corrected chi connectivity index (χ1v) is 4.10. The van der Waals surface area contributed by atoms with E-state index in [9.17, 15) is 10.1 Å². The third-order valence-electron chi connectivity index (χ3n) is 1.46. The summed E-state index contributed by atoms with van der Waals surface area (Å²) in [6.45, 7) is 0. The largest absolute Gasteiger partial charge is 0.496 e. The number of methoxy groups -OCH3 is 1. The number of nitro benzene ring substituents is 1. The second kappa shape index (κ2) is 3.84. The van der Waals surface area contributed by atoms with Crippen LogP contribution in [0.2, 0.25) is 0 Å². The lowest BCUT2D eigenvalue weighted by Gasteiger charge is -1.99. The average molecular weight is 198 g/mol. The summed E-state index contributed by atoms with van der Waals surface area (Å²) in [5, 5.41) is 10.5. The highest BCUT2D eigenvalue weighted by Gasteiger charge is 2.14. The van der Waals surface area contributed by atoms with Gasteiger partial charge in [0.25, 0.3) is 5.69 Å². The van der Waals surface area contributed by atoms with Gasteiger partial charge in [0.05, 0.1) is 29.5 Å². The van der Waals surface area contributed by atoms with Gasteiger partial charge in [-0.1, -0.05) is 0 Å². The first kappa shape index (κ1) is 9.44. The molecule has 0 N–H and O–H groups in total. The first-order chi connectivity index (χ1) is 6.19. The van der Waals surface area contributed by atoms with Crippen LogP contribution in [0.5, 0.6) is 5.75 Å². The highest BCUT2D eigenvalue weighted by molar-refractivity contribution is 7.85. The molecule has 0 aliphatic carbocycles. The Hall–Kier alpha value is -1.65. The Morgan fingerprint density at radius 2 is 2.31 bits per heavy atom. The van der Waals surface area contributed by atoms with E-state index in [1.54, 1.807) is 6.07 Å². The van der Waals surface area contributed by atoms with Crippen molar-refractivity contribution in [3.63, 3.8) is 0 Å². The number of nitrogens with zero attached hydrogens (tertiary/aromatic N) is 2. The average Bonchev–Trinajstić information content (AvgIpc) is 2.16. The molecule has 0 heterocycles. The van der Waals surface area contributed by atoms with Crippen LogP contribution in [0.4, 0.5) is 5.69 Å². The normalized spacial score (nSPS) is 9.23. The van der Waals surface area contributed by atoms with Gasteiger partial charge >= 0.3 is 0 Å². The van der Waals surface area contributed by atoms with Gasteiger partial charge in [-0.25, -0.2) is 0 Å². The molecule has 6 heteroatoms. The number of hydrogen-bond acceptors (Lipinski definition) is 4. The van der Waals surface area contributed by atoms with Crippen LogP contribution in [0.1, 0.15) is 0 Å². The molecule has 0 aliphatic rings. The standard InChI is InChI=1S/C7H6N2O3S/c1-12-5-2-3-7(13-8)6(4-5)9(10)11/h2-4H,1H3. The minimum Gasteiger partial charge on any atom is -0.496 e. The molecule has 13 heavy (non-hydrogen) atoms. The maximum atomic E-state index is 10.5. The zero-order valence-corrected chi connectivity index (χ0v) is 7.58. The van der Waals surface area contributed by atoms with Crippen molar-refractivity contribution in [1.82, 2.24) is 0 Å². The molecule has 1 aromatic rings. The van der Waals surface area contributed by atoms with Gasteiger partial charge in [0.2, 0.25) is 0 Å². The third kappa shape index (κ3) is 1.93. The number of hydrogen-bond donors (Lipinski definition) is 0. The molecule has 0 unspecified atom stereocenters. The van der Waals surface area contributed by atoms with Crippen molar-refractivity contribution in [2.75, 3.05) is 7.11 Å². The minimum absolute atomic E-state index is 0.160. The van der Waals surface area contributed by atoms with Crippen LogP contribution < -0.4 is 4.74 Å². The number of nitro groups is 1. The fourth-order valence-electron chi connectivity index (χ4n) is 0.844. The molecule has 0 fully saturated rings. The molecule has 0 radical (unpaired) electrons. The van der Waals surface area contributed by atoms with Gasteiger partial charge in [0, 0.05) is 0 Å². The zero-order valence-electron chi connectivity index (χ0n) is 6.76. The Labute approximate surface area is 78.1 Å². The minimum atomic E-state index is -0.568. The van der Waals surface area contributed by atoms with E-state index in [0.717, 1.165) is 0 Å². The SMILES string of the molecule is COc1ccc(S#N)c([N+](=O)[O-])c1. The van der Waals surface area contributed by atoms with E-state index >= 15 is 0 Å². The molecule has 0 bridgehead atoms. The van der Waals surface area contributed by atoms with Crippen molar-refractivity contribution >= 4 is 17.1 Å². The second-order valence-electron chi connectivity index (χ2n) is 2.18. The van der Waals surface area contributed by atoms with Gasteiger partial charge < -0.3 is 4.74 Å². The Morgan fingerprint density at radius 3 is 2.77 bits per heavy atom. The molecule has 0 spiro atoms. The predicted octanol–water partition coefficient (Wildman–Crippen LogP) is 2.17. The number of rotatable bonds is 2. The van der Waals surface area contributed by atoms with Crippen molar-refractivity contribution in [2.45, 2.75) is 4.90 Å². The molecule has 0 saturated carbocycles. The fraction of sp³-hybridized carbons (Fsp3) is 0.143. The van der Waals surface area contributed by atoms with Crippen molar-refractivity contribution in [1.29, 1.82) is 4.61 Å². The van der Waals surface area contributed by atoms with E-state index < -0.39 is 4.92 Å². The van der Waals surface area contributed by atoms with Crippen LogP contribution in [0.3, 0.4) is 0 Å². The molecular formula is C7H6N2O3S. The molecule has 0 aromatic heterocycles. The van der Waals surface area contributed by atoms with Gasteiger partial charge in [-0.05, 0) is 12.1 Å². The zero-order chi connectivity index (χ0) is 9.84. The summed E-state index contributed by atoms with van der Waals surface area (Å²) in [4.78, 5) is 10.1. The van der Waals surface area contributed by atoms with Crippen molar-refractivity contribution in [3.8, 4) is 5.75 Å². The molecule has 68 valence electrons. The third-order valence-corrected chi connectivity index (χ3v) is 2.00. The van der Waals surface area contributed by atoms with Crippen LogP contribution in [-0.4, -0.2) is 12.0 Å². The Balaban J connectivity index is 3.28. The van der Waals surface area contributed by atoms with Gasteiger partial charge in [-0.2, -0.15) is 4.61 Å². The van der Waals surface area contributed by atoms with E-state index in [1.165, 1.54) is 19.2 Å². The second-order valence-corrected chi connectivity index (χ2v) is 2.80. The summed E-state index contributed by atoms with van der Waals surface area (Å²) in [5.41, 5.74) is -0.160. The smallest absolute Gasteiger partial charge is 0.292 e. The quantitative estimate of drug-likeness (QED) is 0.539. The Kier molecular flexibility index (Phi) is 2.79. The molecule has 0 saturated heterocycles.